The van der Waals surface area contributed by atoms with E-state index < -0.39 is 0 Å². The fourth-order valence-electron chi connectivity index (χ4n) is 4.11. The Labute approximate surface area is 199 Å². The topological polar surface area (TPSA) is 66.4 Å². The molecule has 0 saturated carbocycles. The van der Waals surface area contributed by atoms with Crippen molar-refractivity contribution in [3.63, 3.8) is 0 Å². The third-order valence-corrected chi connectivity index (χ3v) is 6.01. The molecule has 1 amide bonds. The summed E-state index contributed by atoms with van der Waals surface area (Å²) in [7, 11) is 1.62. The third-order valence-electron chi connectivity index (χ3n) is 6.01. The first-order valence-electron chi connectivity index (χ1n) is 11.5. The predicted octanol–water partition coefficient (Wildman–Crippen LogP) is 3.27. The number of benzene rings is 2. The second-order valence-electron chi connectivity index (χ2n) is 8.58. The molecular formula is C26H31FN4O3. The number of hydrogen-bond donors (Lipinski definition) is 1. The summed E-state index contributed by atoms with van der Waals surface area (Å²) in [5, 5.41) is 3.28. The van der Waals surface area contributed by atoms with Crippen molar-refractivity contribution in [2.24, 2.45) is 4.99 Å². The maximum Gasteiger partial charge on any atom is 0.254 e. The summed E-state index contributed by atoms with van der Waals surface area (Å²) in [5.74, 6) is 0.816. The van der Waals surface area contributed by atoms with Crippen LogP contribution >= 0.6 is 0 Å². The number of carbonyl (C=O) groups is 1. The second kappa shape index (κ2) is 10.7. The Morgan fingerprint density at radius 1 is 1.21 bits per heavy atom. The predicted molar refractivity (Wildman–Crippen MR) is 130 cm³/mol. The van der Waals surface area contributed by atoms with Gasteiger partial charge in [0.2, 0.25) is 0 Å². The number of methoxy groups -OCH3 is 1. The summed E-state index contributed by atoms with van der Waals surface area (Å²) in [6, 6.07) is 14.1. The Morgan fingerprint density at radius 3 is 2.68 bits per heavy atom. The zero-order valence-corrected chi connectivity index (χ0v) is 19.9. The van der Waals surface area contributed by atoms with Crippen LogP contribution in [0.3, 0.4) is 0 Å². The molecule has 2 aromatic carbocycles. The summed E-state index contributed by atoms with van der Waals surface area (Å²) in [5.41, 5.74) is 2.22. The molecule has 2 aliphatic heterocycles. The zero-order valence-electron chi connectivity index (χ0n) is 19.9. The van der Waals surface area contributed by atoms with Crippen LogP contribution in [-0.4, -0.2) is 67.7 Å². The van der Waals surface area contributed by atoms with Gasteiger partial charge in [-0.3, -0.25) is 4.79 Å². The first-order chi connectivity index (χ1) is 16.5. The molecule has 34 heavy (non-hydrogen) atoms. The Hall–Kier alpha value is -3.39. The van der Waals surface area contributed by atoms with Gasteiger partial charge in [-0.25, -0.2) is 9.38 Å². The average molecular weight is 467 g/mol. The third kappa shape index (κ3) is 5.22. The van der Waals surface area contributed by atoms with Gasteiger partial charge in [-0.1, -0.05) is 24.3 Å². The number of guanidine groups is 1. The first kappa shape index (κ1) is 23.8. The summed E-state index contributed by atoms with van der Waals surface area (Å²) in [6.07, 6.45) is 0. The van der Waals surface area contributed by atoms with Crippen LogP contribution in [0.1, 0.15) is 25.0 Å². The molecule has 0 spiro atoms. The monoisotopic (exact) mass is 466 g/mol. The van der Waals surface area contributed by atoms with Crippen molar-refractivity contribution in [2.45, 2.75) is 26.4 Å². The van der Waals surface area contributed by atoms with E-state index in [4.69, 9.17) is 9.47 Å². The normalized spacial score (nSPS) is 16.3. The van der Waals surface area contributed by atoms with Crippen LogP contribution in [0.4, 0.5) is 4.39 Å². The van der Waals surface area contributed by atoms with Crippen LogP contribution in [0.15, 0.2) is 59.1 Å². The van der Waals surface area contributed by atoms with Gasteiger partial charge in [0, 0.05) is 31.2 Å². The molecule has 7 nitrogen and oxygen atoms in total. The second-order valence-corrected chi connectivity index (χ2v) is 8.58. The lowest BCUT2D eigenvalue weighted by molar-refractivity contribution is -0.129. The molecule has 0 radical (unpaired) electrons. The molecule has 8 heteroatoms. The fraction of sp³-hybridized carbons (Fsp3) is 0.385. The highest BCUT2D eigenvalue weighted by molar-refractivity contribution is 6.06. The van der Waals surface area contributed by atoms with E-state index in [1.54, 1.807) is 30.2 Å². The average Bonchev–Trinajstić information content (AvgIpc) is 2.87. The Balaban J connectivity index is 1.68. The van der Waals surface area contributed by atoms with Crippen molar-refractivity contribution in [1.29, 1.82) is 0 Å². The van der Waals surface area contributed by atoms with E-state index in [0.29, 0.717) is 55.6 Å². The number of hydrogen-bond acceptors (Lipinski definition) is 6. The van der Waals surface area contributed by atoms with Gasteiger partial charge in [0.05, 0.1) is 38.1 Å². The highest BCUT2D eigenvalue weighted by Crippen LogP contribution is 2.26. The van der Waals surface area contributed by atoms with Gasteiger partial charge in [0.1, 0.15) is 11.6 Å². The van der Waals surface area contributed by atoms with Gasteiger partial charge in [0.15, 0.2) is 5.96 Å². The van der Waals surface area contributed by atoms with Crippen molar-refractivity contribution in [2.75, 3.05) is 40.0 Å². The largest absolute Gasteiger partial charge is 0.497 e. The van der Waals surface area contributed by atoms with Crippen LogP contribution in [0, 0.1) is 5.82 Å². The van der Waals surface area contributed by atoms with Crippen LogP contribution in [0.25, 0.3) is 5.70 Å². The summed E-state index contributed by atoms with van der Waals surface area (Å²) in [6.45, 7) is 7.10. The molecule has 4 rings (SSSR count). The van der Waals surface area contributed by atoms with Crippen molar-refractivity contribution in [3.05, 3.63) is 71.0 Å². The Bertz CT molecular complexity index is 1090. The highest BCUT2D eigenvalue weighted by atomic mass is 19.1. The van der Waals surface area contributed by atoms with Gasteiger partial charge in [0.25, 0.3) is 5.91 Å². The maximum absolute atomic E-state index is 14.9. The van der Waals surface area contributed by atoms with E-state index in [9.17, 15) is 9.18 Å². The molecular weight excluding hydrogens is 435 g/mol. The van der Waals surface area contributed by atoms with Gasteiger partial charge in [-0.2, -0.15) is 0 Å². The minimum Gasteiger partial charge on any atom is -0.497 e. The number of aliphatic imine (C=N–C) groups is 1. The van der Waals surface area contributed by atoms with Gasteiger partial charge >= 0.3 is 0 Å². The van der Waals surface area contributed by atoms with E-state index >= 15 is 0 Å². The molecule has 0 aliphatic carbocycles. The maximum atomic E-state index is 14.9. The quantitative estimate of drug-likeness (QED) is 0.708. The number of amides is 1. The molecule has 2 aliphatic rings. The Kier molecular flexibility index (Phi) is 7.47. The van der Waals surface area contributed by atoms with Gasteiger partial charge in [-0.15, -0.1) is 0 Å². The summed E-state index contributed by atoms with van der Waals surface area (Å²) < 4.78 is 25.7. The van der Waals surface area contributed by atoms with E-state index in [-0.39, 0.29) is 24.3 Å². The molecule has 1 N–H and O–H groups in total. The van der Waals surface area contributed by atoms with Crippen LogP contribution in [-0.2, 0) is 16.1 Å². The van der Waals surface area contributed by atoms with E-state index in [2.05, 4.69) is 15.2 Å². The fourth-order valence-corrected chi connectivity index (χ4v) is 4.11. The molecule has 2 aromatic rings. The zero-order chi connectivity index (χ0) is 24.1. The number of halogens is 1. The highest BCUT2D eigenvalue weighted by Gasteiger charge is 2.30. The van der Waals surface area contributed by atoms with Crippen molar-refractivity contribution in [1.82, 2.24) is 15.1 Å². The van der Waals surface area contributed by atoms with Crippen molar-refractivity contribution < 1.29 is 18.7 Å². The molecule has 0 atom stereocenters. The molecule has 0 unspecified atom stereocenters. The number of carbonyl (C=O) groups excluding carboxylic acids is 1. The minimum atomic E-state index is -0.387. The molecule has 0 aromatic heterocycles. The van der Waals surface area contributed by atoms with E-state index in [1.807, 2.05) is 38.1 Å². The van der Waals surface area contributed by atoms with Crippen molar-refractivity contribution >= 4 is 17.6 Å². The van der Waals surface area contributed by atoms with Gasteiger partial charge in [-0.05, 0) is 43.7 Å². The number of morpholine rings is 1. The van der Waals surface area contributed by atoms with E-state index in [1.165, 1.54) is 6.07 Å². The molecule has 2 heterocycles. The minimum absolute atomic E-state index is 0.0716. The standard InChI is InChI=1S/C26H31FN4O3/c1-18(2)31(17-19-7-6-8-20(15-19)33-3)25(32)22-16-28-26(30-11-13-34-14-12-30)29-24(22)21-9-4-5-10-23(21)27/h4-10,15,18H,11-14,16-17H2,1-3H3,(H,28,29). The smallest absolute Gasteiger partial charge is 0.254 e. The lowest BCUT2D eigenvalue weighted by Crippen LogP contribution is -2.49. The molecule has 0 bridgehead atoms. The molecule has 1 fully saturated rings. The lowest BCUT2D eigenvalue weighted by Gasteiger charge is -2.34. The molecule has 1 saturated heterocycles. The van der Waals surface area contributed by atoms with Crippen LogP contribution in [0.2, 0.25) is 0 Å². The summed E-state index contributed by atoms with van der Waals surface area (Å²) >= 11 is 0. The number of ether oxygens (including phenoxy) is 2. The number of nitrogens with one attached hydrogen (secondary N) is 1. The first-order valence-corrected chi connectivity index (χ1v) is 11.5. The Morgan fingerprint density at radius 2 is 1.97 bits per heavy atom. The van der Waals surface area contributed by atoms with Crippen LogP contribution < -0.4 is 10.1 Å². The van der Waals surface area contributed by atoms with Crippen LogP contribution in [0.5, 0.6) is 5.75 Å². The molecule has 180 valence electrons. The SMILES string of the molecule is COc1cccc(CN(C(=O)C2=C(c3ccccc3F)NC(N3CCOCC3)=NC2)C(C)C)c1. The number of rotatable bonds is 6. The lowest BCUT2D eigenvalue weighted by atomic mass is 10.0. The van der Waals surface area contributed by atoms with Gasteiger partial charge < -0.3 is 24.6 Å². The van der Waals surface area contributed by atoms with Crippen molar-refractivity contribution in [3.8, 4) is 5.75 Å². The number of nitrogens with zero attached hydrogens (tertiary/aromatic N) is 3. The summed E-state index contributed by atoms with van der Waals surface area (Å²) in [4.78, 5) is 22.4. The van der Waals surface area contributed by atoms with E-state index in [0.717, 1.165) is 11.3 Å².